The van der Waals surface area contributed by atoms with Gasteiger partial charge in [0.2, 0.25) is 0 Å². The molecule has 12 heavy (non-hydrogen) atoms. The second-order valence-electron chi connectivity index (χ2n) is 2.87. The molecule has 1 rings (SSSR count). The molecule has 0 amide bonds. The minimum absolute atomic E-state index is 0.362. The molecule has 1 fully saturated rings. The molecule has 0 saturated carbocycles. The minimum Gasteiger partial charge on any atom is -0.550 e. The Labute approximate surface area is 82.2 Å². The van der Waals surface area contributed by atoms with Crippen LogP contribution in [0.1, 0.15) is 12.8 Å². The summed E-state index contributed by atoms with van der Waals surface area (Å²) >= 11 is 9.56. The van der Waals surface area contributed by atoms with Crippen LogP contribution in [0.5, 0.6) is 0 Å². The molecule has 1 saturated heterocycles. The van der Waals surface area contributed by atoms with Gasteiger partial charge in [-0.15, -0.1) is 0 Å². The van der Waals surface area contributed by atoms with E-state index in [1.807, 2.05) is 0 Å². The van der Waals surface area contributed by atoms with Crippen molar-refractivity contribution in [3.8, 4) is 0 Å². The Kier molecular flexibility index (Phi) is 3.22. The zero-order chi connectivity index (χ0) is 9.14. The predicted octanol–water partition coefficient (Wildman–Crippen LogP) is -0.720. The highest BCUT2D eigenvalue weighted by molar-refractivity contribution is 8.00. The lowest BCUT2D eigenvalue weighted by atomic mass is 9.99. The van der Waals surface area contributed by atoms with Gasteiger partial charge in [-0.3, -0.25) is 0 Å². The van der Waals surface area contributed by atoms with Gasteiger partial charge in [0.15, 0.2) is 0 Å². The van der Waals surface area contributed by atoms with Crippen molar-refractivity contribution in [3.63, 3.8) is 0 Å². The maximum Gasteiger partial charge on any atom is 0.0462 e. The summed E-state index contributed by atoms with van der Waals surface area (Å²) in [4.78, 5) is 12.3. The molecule has 1 aliphatic heterocycles. The van der Waals surface area contributed by atoms with Crippen molar-refractivity contribution >= 4 is 35.1 Å². The number of carbonyl (C=O) groups excluding carboxylic acids is 1. The van der Waals surface area contributed by atoms with Gasteiger partial charge in [0.25, 0.3) is 0 Å². The lowest BCUT2D eigenvalue weighted by Gasteiger charge is -2.37. The average molecular weight is 203 g/mol. The Balaban J connectivity index is 2.51. The number of nitrogens with zero attached hydrogens (tertiary/aromatic N) is 1. The normalized spacial score (nSPS) is 23.7. The molecule has 5 heteroatoms. The maximum absolute atomic E-state index is 10.5. The molecule has 0 aromatic rings. The Hall–Kier alpha value is -0.420. The van der Waals surface area contributed by atoms with E-state index in [-0.39, 0.29) is 0 Å². The van der Waals surface area contributed by atoms with Crippen LogP contribution in [0.25, 0.3) is 0 Å². The van der Waals surface area contributed by atoms with Crippen molar-refractivity contribution < 1.29 is 9.90 Å². The maximum atomic E-state index is 10.5. The van der Waals surface area contributed by atoms with Crippen LogP contribution < -0.4 is 5.11 Å². The first kappa shape index (κ1) is 9.67. The van der Waals surface area contributed by atoms with Crippen LogP contribution >= 0.6 is 12.2 Å². The van der Waals surface area contributed by atoms with Gasteiger partial charge in [-0.25, -0.2) is 0 Å². The number of rotatable bonds is 1. The highest BCUT2D eigenvalue weighted by Gasteiger charge is 2.18. The zero-order valence-corrected chi connectivity index (χ0v) is 8.12. The Morgan fingerprint density at radius 3 is 2.83 bits per heavy atom. The van der Waals surface area contributed by atoms with Crippen LogP contribution in [0.4, 0.5) is 0 Å². The van der Waals surface area contributed by atoms with Gasteiger partial charge in [-0.1, -0.05) is 4.32 Å². The molecule has 0 spiro atoms. The summed E-state index contributed by atoms with van der Waals surface area (Å²) in [5.41, 5.74) is 0. The molecular formula is C7H9NO2S2-2. The van der Waals surface area contributed by atoms with Crippen LogP contribution in [-0.4, -0.2) is 28.3 Å². The third-order valence-electron chi connectivity index (χ3n) is 2.01. The number of carboxylic acids is 1. The zero-order valence-electron chi connectivity index (χ0n) is 6.49. The summed E-state index contributed by atoms with van der Waals surface area (Å²) in [7, 11) is 0. The molecule has 1 unspecified atom stereocenters. The quantitative estimate of drug-likeness (QED) is 0.416. The molecule has 68 valence electrons. The fourth-order valence-electron chi connectivity index (χ4n) is 1.34. The number of hydrogen-bond acceptors (Lipinski definition) is 4. The van der Waals surface area contributed by atoms with Gasteiger partial charge < -0.3 is 39.6 Å². The lowest BCUT2D eigenvalue weighted by molar-refractivity contribution is -0.312. The molecule has 3 nitrogen and oxygen atoms in total. The van der Waals surface area contributed by atoms with E-state index in [2.05, 4.69) is 0 Å². The summed E-state index contributed by atoms with van der Waals surface area (Å²) in [6.07, 6.45) is 1.51. The Morgan fingerprint density at radius 1 is 1.67 bits per heavy atom. The van der Waals surface area contributed by atoms with Gasteiger partial charge in [0, 0.05) is 25.0 Å². The lowest BCUT2D eigenvalue weighted by Crippen LogP contribution is -2.45. The Morgan fingerprint density at radius 2 is 2.33 bits per heavy atom. The number of carbonyl (C=O) groups is 1. The monoisotopic (exact) mass is 203 g/mol. The number of aliphatic carboxylic acids is 1. The topological polar surface area (TPSA) is 43.4 Å². The van der Waals surface area contributed by atoms with E-state index in [0.717, 1.165) is 13.0 Å². The third kappa shape index (κ3) is 2.28. The predicted molar refractivity (Wildman–Crippen MR) is 49.3 cm³/mol. The Bertz CT molecular complexity index is 188. The smallest absolute Gasteiger partial charge is 0.0462 e. The molecule has 1 heterocycles. The van der Waals surface area contributed by atoms with Crippen LogP contribution in [-0.2, 0) is 17.4 Å². The number of carboxylic acid groups (broad SMARTS) is 1. The number of thiocarbonyl (C=S) groups is 1. The molecule has 0 bridgehead atoms. The summed E-state index contributed by atoms with van der Waals surface area (Å²) in [5.74, 6) is -1.40. The van der Waals surface area contributed by atoms with E-state index in [0.29, 0.717) is 17.3 Å². The highest BCUT2D eigenvalue weighted by Crippen LogP contribution is 2.15. The van der Waals surface area contributed by atoms with Gasteiger partial charge in [0.05, 0.1) is 0 Å². The van der Waals surface area contributed by atoms with Gasteiger partial charge in [0.1, 0.15) is 0 Å². The van der Waals surface area contributed by atoms with Crippen molar-refractivity contribution in [2.24, 2.45) is 5.92 Å². The number of likely N-dealkylation sites (tertiary alicyclic amines) is 1. The van der Waals surface area contributed by atoms with Crippen LogP contribution in [0.3, 0.4) is 0 Å². The minimum atomic E-state index is -0.994. The number of hydrogen-bond donors (Lipinski definition) is 0. The van der Waals surface area contributed by atoms with E-state index in [4.69, 9.17) is 24.8 Å². The van der Waals surface area contributed by atoms with Crippen LogP contribution in [0.2, 0.25) is 0 Å². The fraction of sp³-hybridized carbons (Fsp3) is 0.714. The first-order chi connectivity index (χ1) is 5.61. The molecule has 0 radical (unpaired) electrons. The van der Waals surface area contributed by atoms with Gasteiger partial charge >= 0.3 is 0 Å². The largest absolute Gasteiger partial charge is 0.550 e. The average Bonchev–Trinajstić information content (AvgIpc) is 2.04. The summed E-state index contributed by atoms with van der Waals surface area (Å²) in [6.45, 7) is 1.21. The highest BCUT2D eigenvalue weighted by atomic mass is 32.1. The van der Waals surface area contributed by atoms with E-state index < -0.39 is 11.9 Å². The van der Waals surface area contributed by atoms with Crippen molar-refractivity contribution in [1.82, 2.24) is 4.90 Å². The van der Waals surface area contributed by atoms with Crippen LogP contribution in [0, 0.1) is 5.92 Å². The van der Waals surface area contributed by atoms with E-state index >= 15 is 0 Å². The molecule has 0 N–H and O–H groups in total. The molecule has 0 aliphatic carbocycles. The van der Waals surface area contributed by atoms with Crippen molar-refractivity contribution in [3.05, 3.63) is 0 Å². The fourth-order valence-corrected chi connectivity index (χ4v) is 1.67. The van der Waals surface area contributed by atoms with E-state index in [9.17, 15) is 9.90 Å². The van der Waals surface area contributed by atoms with Gasteiger partial charge in [-0.05, 0) is 12.8 Å². The second kappa shape index (κ2) is 4.00. The number of piperidine rings is 1. The second-order valence-corrected chi connectivity index (χ2v) is 3.90. The summed E-state index contributed by atoms with van der Waals surface area (Å²) < 4.78 is 0.362. The van der Waals surface area contributed by atoms with Crippen molar-refractivity contribution in [2.75, 3.05) is 13.1 Å². The third-order valence-corrected chi connectivity index (χ3v) is 2.53. The summed E-state index contributed by atoms with van der Waals surface area (Å²) in [6, 6.07) is 0. The van der Waals surface area contributed by atoms with Crippen molar-refractivity contribution in [2.45, 2.75) is 12.8 Å². The molecule has 0 aromatic carbocycles. The molecular weight excluding hydrogens is 194 g/mol. The first-order valence-corrected chi connectivity index (χ1v) is 4.59. The van der Waals surface area contributed by atoms with Gasteiger partial charge in [-0.2, -0.15) is 0 Å². The van der Waals surface area contributed by atoms with E-state index in [1.54, 1.807) is 4.90 Å². The molecule has 1 atom stereocenters. The van der Waals surface area contributed by atoms with Crippen LogP contribution in [0.15, 0.2) is 0 Å². The van der Waals surface area contributed by atoms with E-state index in [1.165, 1.54) is 0 Å². The summed E-state index contributed by atoms with van der Waals surface area (Å²) in [5, 5.41) is 10.5. The molecule has 1 aliphatic rings. The SMILES string of the molecule is O=C([O-])C1CCCN(C(=S)[S-])C1. The standard InChI is InChI=1S/C7H11NO2S2/c9-6(10)5-2-1-3-8(4-5)7(11)12/h5H,1-4H2,(H,9,10)(H,11,12)/p-2. The van der Waals surface area contributed by atoms with Crippen molar-refractivity contribution in [1.29, 1.82) is 0 Å². The molecule has 0 aromatic heterocycles. The first-order valence-electron chi connectivity index (χ1n) is 3.78.